The minimum atomic E-state index is -4.52. The molecular weight excluding hydrogens is 550 g/mol. The van der Waals surface area contributed by atoms with Crippen LogP contribution in [0.5, 0.6) is 11.5 Å². The van der Waals surface area contributed by atoms with Gasteiger partial charge in [-0.3, -0.25) is 14.4 Å². The van der Waals surface area contributed by atoms with Crippen LogP contribution in [0, 0.1) is 5.92 Å². The Bertz CT molecular complexity index is 1530. The Hall–Kier alpha value is -3.90. The fourth-order valence-corrected chi connectivity index (χ4v) is 6.47. The Morgan fingerprint density at radius 2 is 1.83 bits per heavy atom. The van der Waals surface area contributed by atoms with Gasteiger partial charge in [-0.1, -0.05) is 19.9 Å². The van der Waals surface area contributed by atoms with Crippen LogP contribution in [0.1, 0.15) is 43.7 Å². The van der Waals surface area contributed by atoms with E-state index in [1.807, 2.05) is 13.8 Å². The number of Topliss-reactive ketones (excluding diaryl/α,β-unsaturated/α-hetero) is 1. The lowest BCUT2D eigenvalue weighted by atomic mass is 10.0. The zero-order valence-corrected chi connectivity index (χ0v) is 24.3. The molecule has 12 heteroatoms. The molecular formula is C29H35N3O8S. The predicted octanol–water partition coefficient (Wildman–Crippen LogP) is 3.13. The molecule has 1 saturated heterocycles. The fraction of sp³-hybridized carbons (Fsp3) is 0.414. The van der Waals surface area contributed by atoms with E-state index in [1.165, 1.54) is 38.5 Å². The van der Waals surface area contributed by atoms with E-state index >= 15 is 0 Å². The van der Waals surface area contributed by atoms with Crippen molar-refractivity contribution in [3.63, 3.8) is 0 Å². The van der Waals surface area contributed by atoms with E-state index in [4.69, 9.17) is 13.9 Å². The molecule has 1 fully saturated rings. The molecule has 11 nitrogen and oxygen atoms in total. The number of hydrogen-bond acceptors (Lipinski definition) is 9. The summed E-state index contributed by atoms with van der Waals surface area (Å²) in [6, 6.07) is 9.81. The molecule has 2 aromatic carbocycles. The average molecular weight is 586 g/mol. The van der Waals surface area contributed by atoms with E-state index in [0.29, 0.717) is 34.0 Å². The number of carbonyl (C=O) groups is 3. The topological polar surface area (TPSA) is 144 Å². The van der Waals surface area contributed by atoms with E-state index < -0.39 is 39.7 Å². The number of sulfonamides is 1. The van der Waals surface area contributed by atoms with Crippen molar-refractivity contribution in [3.05, 3.63) is 54.3 Å². The van der Waals surface area contributed by atoms with Gasteiger partial charge in [0.15, 0.2) is 11.5 Å². The maximum atomic E-state index is 14.2. The van der Waals surface area contributed by atoms with Crippen LogP contribution >= 0.6 is 0 Å². The summed E-state index contributed by atoms with van der Waals surface area (Å²) in [6.07, 6.45) is 0.758. The number of nitrogens with zero attached hydrogens (tertiary/aromatic N) is 1. The highest BCUT2D eigenvalue weighted by molar-refractivity contribution is 7.89. The van der Waals surface area contributed by atoms with Gasteiger partial charge < -0.3 is 24.5 Å². The number of methoxy groups -OCH3 is 2. The van der Waals surface area contributed by atoms with E-state index in [2.05, 4.69) is 10.6 Å². The molecule has 0 spiro atoms. The van der Waals surface area contributed by atoms with Crippen molar-refractivity contribution in [3.8, 4) is 11.5 Å². The molecule has 2 atom stereocenters. The number of ketones is 1. The summed E-state index contributed by atoms with van der Waals surface area (Å²) in [5.74, 6) is -1.30. The van der Waals surface area contributed by atoms with Crippen LogP contribution in [0.4, 0.5) is 0 Å². The van der Waals surface area contributed by atoms with Gasteiger partial charge in [0, 0.05) is 11.5 Å². The zero-order chi connectivity index (χ0) is 29.7. The summed E-state index contributed by atoms with van der Waals surface area (Å²) in [7, 11) is -1.60. The third-order valence-corrected chi connectivity index (χ3v) is 8.66. The molecule has 0 radical (unpaired) electrons. The van der Waals surface area contributed by atoms with Crippen molar-refractivity contribution in [2.75, 3.05) is 27.3 Å². The van der Waals surface area contributed by atoms with Gasteiger partial charge in [-0.15, -0.1) is 0 Å². The van der Waals surface area contributed by atoms with E-state index in [-0.39, 0.29) is 41.7 Å². The maximum absolute atomic E-state index is 14.2. The first-order chi connectivity index (χ1) is 19.5. The van der Waals surface area contributed by atoms with E-state index in [1.54, 1.807) is 24.3 Å². The number of amides is 2. The minimum Gasteiger partial charge on any atom is -0.497 e. The van der Waals surface area contributed by atoms with Crippen LogP contribution < -0.4 is 20.1 Å². The summed E-state index contributed by atoms with van der Waals surface area (Å²) in [5, 5.41) is 6.28. The van der Waals surface area contributed by atoms with Gasteiger partial charge in [0.25, 0.3) is 21.8 Å². The van der Waals surface area contributed by atoms with Crippen LogP contribution in [0.25, 0.3) is 11.0 Å². The second-order valence-electron chi connectivity index (χ2n) is 10.3. The first-order valence-corrected chi connectivity index (χ1v) is 14.8. The summed E-state index contributed by atoms with van der Waals surface area (Å²) < 4.78 is 44.9. The Kier molecular flexibility index (Phi) is 9.34. The highest BCUT2D eigenvalue weighted by atomic mass is 32.2. The number of fused-ring (bicyclic) bond motifs is 1. The van der Waals surface area contributed by atoms with Crippen LogP contribution in [0.3, 0.4) is 0 Å². The second-order valence-corrected chi connectivity index (χ2v) is 12.1. The van der Waals surface area contributed by atoms with Gasteiger partial charge in [-0.25, -0.2) is 12.7 Å². The SMILES string of the molecule is COc1cccc(S(=O)(=O)N(C(=O)C(CC(C)C)NC(=O)c2cc3cc(OC)ccc3o2)[C@H]2CCCNCC2=O)c1. The maximum Gasteiger partial charge on any atom is 0.287 e. The van der Waals surface area contributed by atoms with Crippen LogP contribution in [-0.4, -0.2) is 69.7 Å². The second kappa shape index (κ2) is 12.7. The molecule has 220 valence electrons. The molecule has 1 aliphatic rings. The molecule has 3 aromatic rings. The number of rotatable bonds is 10. The minimum absolute atomic E-state index is 0.0493. The largest absolute Gasteiger partial charge is 0.497 e. The summed E-state index contributed by atoms with van der Waals surface area (Å²) in [6.45, 7) is 4.13. The lowest BCUT2D eigenvalue weighted by molar-refractivity contribution is -0.135. The van der Waals surface area contributed by atoms with Gasteiger partial charge in [-0.2, -0.15) is 0 Å². The summed E-state index contributed by atoms with van der Waals surface area (Å²) in [5.41, 5.74) is 0.446. The van der Waals surface area contributed by atoms with Crippen LogP contribution in [-0.2, 0) is 19.6 Å². The molecule has 0 saturated carbocycles. The van der Waals surface area contributed by atoms with Gasteiger partial charge in [-0.05, 0) is 68.1 Å². The number of carbonyl (C=O) groups excluding carboxylic acids is 3. The number of nitrogens with one attached hydrogen (secondary N) is 2. The zero-order valence-electron chi connectivity index (χ0n) is 23.5. The monoisotopic (exact) mass is 585 g/mol. The number of furan rings is 1. The molecule has 4 rings (SSSR count). The molecule has 2 amide bonds. The molecule has 1 unspecified atom stereocenters. The molecule has 0 bridgehead atoms. The Morgan fingerprint density at radius 3 is 2.54 bits per heavy atom. The lowest BCUT2D eigenvalue weighted by Crippen LogP contribution is -2.56. The number of benzene rings is 2. The Morgan fingerprint density at radius 1 is 1.10 bits per heavy atom. The molecule has 41 heavy (non-hydrogen) atoms. The van der Waals surface area contributed by atoms with Gasteiger partial charge in [0.05, 0.1) is 25.7 Å². The van der Waals surface area contributed by atoms with Gasteiger partial charge >= 0.3 is 0 Å². The van der Waals surface area contributed by atoms with Crippen molar-refractivity contribution >= 4 is 38.6 Å². The van der Waals surface area contributed by atoms with Crippen molar-refractivity contribution < 1.29 is 36.7 Å². The number of hydrogen-bond donors (Lipinski definition) is 2. The quantitative estimate of drug-likeness (QED) is 0.367. The van der Waals surface area contributed by atoms with Crippen molar-refractivity contribution in [2.45, 2.75) is 50.1 Å². The fourth-order valence-electron chi connectivity index (χ4n) is 4.81. The molecule has 0 aliphatic carbocycles. The molecule has 1 aromatic heterocycles. The molecule has 1 aliphatic heterocycles. The average Bonchev–Trinajstić information content (AvgIpc) is 3.28. The first kappa shape index (κ1) is 30.1. The third-order valence-electron chi connectivity index (χ3n) is 6.86. The summed E-state index contributed by atoms with van der Waals surface area (Å²) in [4.78, 5) is 40.5. The van der Waals surface area contributed by atoms with Crippen LogP contribution in [0.15, 0.2) is 57.8 Å². The smallest absolute Gasteiger partial charge is 0.287 e. The highest BCUT2D eigenvalue weighted by Crippen LogP contribution is 2.28. The van der Waals surface area contributed by atoms with E-state index in [0.717, 1.165) is 0 Å². The highest BCUT2D eigenvalue weighted by Gasteiger charge is 2.43. The van der Waals surface area contributed by atoms with Gasteiger partial charge in [0.2, 0.25) is 0 Å². The first-order valence-electron chi connectivity index (χ1n) is 13.4. The van der Waals surface area contributed by atoms with Crippen LogP contribution in [0.2, 0.25) is 0 Å². The normalized spacial score (nSPS) is 16.7. The molecule has 2 heterocycles. The summed E-state index contributed by atoms with van der Waals surface area (Å²) >= 11 is 0. The number of ether oxygens (including phenoxy) is 2. The van der Waals surface area contributed by atoms with Crippen molar-refractivity contribution in [1.82, 2.24) is 14.9 Å². The standard InChI is InChI=1S/C29H35N3O8S/c1-18(2)13-23(31-28(34)27-15-19-14-21(39-4)10-11-26(19)40-27)29(35)32(24-9-6-12-30-17-25(24)33)41(36,37)22-8-5-7-20(16-22)38-3/h5,7-8,10-11,14-16,18,23-24,30H,6,9,12-13,17H2,1-4H3,(H,31,34)/t23?,24-/m0/s1. The van der Waals surface area contributed by atoms with Gasteiger partial charge in [0.1, 0.15) is 29.2 Å². The van der Waals surface area contributed by atoms with E-state index in [9.17, 15) is 22.8 Å². The lowest BCUT2D eigenvalue weighted by Gasteiger charge is -2.33. The predicted molar refractivity (Wildman–Crippen MR) is 151 cm³/mol. The molecule has 2 N–H and O–H groups in total. The third kappa shape index (κ3) is 6.71. The van der Waals surface area contributed by atoms with Crippen molar-refractivity contribution in [1.29, 1.82) is 0 Å². The Labute approximate surface area is 239 Å². The Balaban J connectivity index is 1.73. The van der Waals surface area contributed by atoms with Crippen molar-refractivity contribution in [2.24, 2.45) is 5.92 Å².